The number of anilines is 1. The van der Waals surface area contributed by atoms with E-state index in [0.717, 1.165) is 34.5 Å². The molecule has 2 aromatic rings. The summed E-state index contributed by atoms with van der Waals surface area (Å²) >= 11 is 2.26. The van der Waals surface area contributed by atoms with Crippen molar-refractivity contribution in [1.82, 2.24) is 15.0 Å². The van der Waals surface area contributed by atoms with Gasteiger partial charge in [0.2, 0.25) is 0 Å². The third-order valence-corrected chi connectivity index (χ3v) is 3.84. The van der Waals surface area contributed by atoms with Crippen LogP contribution in [-0.4, -0.2) is 21.5 Å². The van der Waals surface area contributed by atoms with Crippen molar-refractivity contribution < 1.29 is 4.39 Å². The molecule has 0 aromatic carbocycles. The van der Waals surface area contributed by atoms with Crippen LogP contribution in [0.3, 0.4) is 0 Å². The summed E-state index contributed by atoms with van der Waals surface area (Å²) in [6.07, 6.45) is 3.07. The Balaban J connectivity index is 2.49. The van der Waals surface area contributed by atoms with Gasteiger partial charge < -0.3 is 5.32 Å². The quantitative estimate of drug-likeness (QED) is 0.797. The maximum absolute atomic E-state index is 12.9. The zero-order valence-electron chi connectivity index (χ0n) is 11.5. The van der Waals surface area contributed by atoms with Crippen LogP contribution >= 0.6 is 22.6 Å². The van der Waals surface area contributed by atoms with Crippen LogP contribution in [-0.2, 0) is 6.42 Å². The van der Waals surface area contributed by atoms with Crippen molar-refractivity contribution in [2.24, 2.45) is 0 Å². The van der Waals surface area contributed by atoms with Gasteiger partial charge in [-0.2, -0.15) is 0 Å². The molecule has 0 radical (unpaired) electrons. The van der Waals surface area contributed by atoms with Gasteiger partial charge in [0.15, 0.2) is 5.82 Å². The molecule has 4 nitrogen and oxygen atoms in total. The Morgan fingerprint density at radius 2 is 2.05 bits per heavy atom. The summed E-state index contributed by atoms with van der Waals surface area (Å²) in [5.74, 6) is 0.984. The summed E-state index contributed by atoms with van der Waals surface area (Å²) in [7, 11) is 0. The Hall–Kier alpha value is -1.31. The molecule has 0 saturated carbocycles. The number of rotatable bonds is 5. The SMILES string of the molecule is CCCc1nc(-c2ccc(F)cn2)nc(NCC)c1I. The largest absolute Gasteiger partial charge is 0.369 e. The first kappa shape index (κ1) is 15.1. The predicted molar refractivity (Wildman–Crippen MR) is 86.1 cm³/mol. The highest BCUT2D eigenvalue weighted by Crippen LogP contribution is 2.24. The highest BCUT2D eigenvalue weighted by atomic mass is 127. The number of aryl methyl sites for hydroxylation is 1. The zero-order chi connectivity index (χ0) is 14.5. The molecule has 0 amide bonds. The zero-order valence-corrected chi connectivity index (χ0v) is 13.6. The summed E-state index contributed by atoms with van der Waals surface area (Å²) in [4.78, 5) is 13.1. The second-order valence-corrected chi connectivity index (χ2v) is 5.38. The first-order valence-electron chi connectivity index (χ1n) is 6.57. The summed E-state index contributed by atoms with van der Waals surface area (Å²) < 4.78 is 14.0. The van der Waals surface area contributed by atoms with E-state index in [2.05, 4.69) is 49.8 Å². The molecule has 0 bridgehead atoms. The van der Waals surface area contributed by atoms with Crippen LogP contribution in [0.4, 0.5) is 10.2 Å². The normalized spacial score (nSPS) is 10.6. The molecule has 2 rings (SSSR count). The number of nitrogens with zero attached hydrogens (tertiary/aromatic N) is 3. The Labute approximate surface area is 131 Å². The fourth-order valence-corrected chi connectivity index (χ4v) is 2.50. The number of pyridine rings is 1. The molecule has 0 atom stereocenters. The topological polar surface area (TPSA) is 50.7 Å². The van der Waals surface area contributed by atoms with Gasteiger partial charge in [0, 0.05) is 6.54 Å². The van der Waals surface area contributed by atoms with Crippen molar-refractivity contribution in [3.05, 3.63) is 33.4 Å². The van der Waals surface area contributed by atoms with Gasteiger partial charge in [0.1, 0.15) is 17.3 Å². The monoisotopic (exact) mass is 386 g/mol. The summed E-state index contributed by atoms with van der Waals surface area (Å²) in [5, 5.41) is 3.24. The van der Waals surface area contributed by atoms with Gasteiger partial charge in [-0.3, -0.25) is 0 Å². The molecule has 2 heterocycles. The average Bonchev–Trinajstić information content (AvgIpc) is 2.44. The molecule has 0 spiro atoms. The smallest absolute Gasteiger partial charge is 0.180 e. The van der Waals surface area contributed by atoms with E-state index in [0.29, 0.717) is 11.5 Å². The molecule has 0 aliphatic carbocycles. The minimum absolute atomic E-state index is 0.361. The average molecular weight is 386 g/mol. The third-order valence-electron chi connectivity index (χ3n) is 2.71. The van der Waals surface area contributed by atoms with E-state index >= 15 is 0 Å². The van der Waals surface area contributed by atoms with E-state index in [1.54, 1.807) is 6.07 Å². The van der Waals surface area contributed by atoms with Gasteiger partial charge in [-0.1, -0.05) is 13.3 Å². The molecular formula is C14H16FIN4. The maximum atomic E-state index is 12.9. The molecule has 6 heteroatoms. The van der Waals surface area contributed by atoms with Crippen molar-refractivity contribution in [2.45, 2.75) is 26.7 Å². The Morgan fingerprint density at radius 1 is 1.25 bits per heavy atom. The maximum Gasteiger partial charge on any atom is 0.180 e. The van der Waals surface area contributed by atoms with Gasteiger partial charge in [-0.15, -0.1) is 0 Å². The number of halogens is 2. The standard InChI is InChI=1S/C14H16FIN4/c1-3-5-10-12(16)14(17-4-2)20-13(19-10)11-7-6-9(15)8-18-11/h6-8H,3-5H2,1-2H3,(H,17,19,20). The lowest BCUT2D eigenvalue weighted by Crippen LogP contribution is -2.08. The Kier molecular flexibility index (Phi) is 5.22. The molecule has 0 aliphatic rings. The number of nitrogens with one attached hydrogen (secondary N) is 1. The summed E-state index contributed by atoms with van der Waals surface area (Å²) in [6.45, 7) is 4.92. The van der Waals surface area contributed by atoms with Crippen LogP contribution in [0.15, 0.2) is 18.3 Å². The van der Waals surface area contributed by atoms with Crippen molar-refractivity contribution in [3.63, 3.8) is 0 Å². The lowest BCUT2D eigenvalue weighted by molar-refractivity contribution is 0.621. The van der Waals surface area contributed by atoms with Crippen LogP contribution in [0.25, 0.3) is 11.5 Å². The molecule has 0 saturated heterocycles. The third kappa shape index (κ3) is 3.41. The van der Waals surface area contributed by atoms with E-state index in [4.69, 9.17) is 0 Å². The molecule has 2 aromatic heterocycles. The van der Waals surface area contributed by atoms with Crippen LogP contribution in [0.5, 0.6) is 0 Å². The van der Waals surface area contributed by atoms with Crippen LogP contribution < -0.4 is 5.32 Å². The first-order chi connectivity index (χ1) is 9.65. The summed E-state index contributed by atoms with van der Waals surface area (Å²) in [5.41, 5.74) is 1.58. The molecule has 1 N–H and O–H groups in total. The van der Waals surface area contributed by atoms with Gasteiger partial charge in [0.25, 0.3) is 0 Å². The number of hydrogen-bond acceptors (Lipinski definition) is 4. The predicted octanol–water partition coefficient (Wildman–Crippen LogP) is 3.67. The van der Waals surface area contributed by atoms with Crippen molar-refractivity contribution in [3.8, 4) is 11.5 Å². The second-order valence-electron chi connectivity index (χ2n) is 4.30. The van der Waals surface area contributed by atoms with Gasteiger partial charge in [0.05, 0.1) is 15.5 Å². The Morgan fingerprint density at radius 3 is 2.65 bits per heavy atom. The van der Waals surface area contributed by atoms with Crippen LogP contribution in [0.1, 0.15) is 26.0 Å². The highest BCUT2D eigenvalue weighted by Gasteiger charge is 2.13. The highest BCUT2D eigenvalue weighted by molar-refractivity contribution is 14.1. The minimum atomic E-state index is -0.361. The van der Waals surface area contributed by atoms with E-state index in [1.807, 2.05) is 6.92 Å². The van der Waals surface area contributed by atoms with Crippen molar-refractivity contribution in [2.75, 3.05) is 11.9 Å². The lowest BCUT2D eigenvalue weighted by atomic mass is 10.2. The van der Waals surface area contributed by atoms with E-state index in [1.165, 1.54) is 12.3 Å². The van der Waals surface area contributed by atoms with Gasteiger partial charge in [-0.05, 0) is 48.1 Å². The van der Waals surface area contributed by atoms with Crippen LogP contribution in [0.2, 0.25) is 0 Å². The molecule has 0 fully saturated rings. The molecule has 0 unspecified atom stereocenters. The molecule has 20 heavy (non-hydrogen) atoms. The number of aromatic nitrogens is 3. The van der Waals surface area contributed by atoms with Gasteiger partial charge in [-0.25, -0.2) is 19.3 Å². The fourth-order valence-electron chi connectivity index (χ4n) is 1.80. The van der Waals surface area contributed by atoms with E-state index in [-0.39, 0.29) is 5.82 Å². The van der Waals surface area contributed by atoms with E-state index in [9.17, 15) is 4.39 Å². The lowest BCUT2D eigenvalue weighted by Gasteiger charge is -2.11. The first-order valence-corrected chi connectivity index (χ1v) is 7.65. The molecular weight excluding hydrogens is 370 g/mol. The van der Waals surface area contributed by atoms with Crippen molar-refractivity contribution in [1.29, 1.82) is 0 Å². The Bertz CT molecular complexity index is 559. The fraction of sp³-hybridized carbons (Fsp3) is 0.357. The van der Waals surface area contributed by atoms with Gasteiger partial charge >= 0.3 is 0 Å². The van der Waals surface area contributed by atoms with E-state index < -0.39 is 0 Å². The number of hydrogen-bond donors (Lipinski definition) is 1. The molecule has 0 aliphatic heterocycles. The summed E-state index contributed by atoms with van der Waals surface area (Å²) in [6, 6.07) is 2.97. The van der Waals surface area contributed by atoms with Crippen molar-refractivity contribution >= 4 is 28.4 Å². The van der Waals surface area contributed by atoms with Crippen LogP contribution in [0, 0.1) is 9.39 Å². The minimum Gasteiger partial charge on any atom is -0.369 e. The second kappa shape index (κ2) is 6.92. The molecule has 106 valence electrons.